The van der Waals surface area contributed by atoms with Crippen molar-refractivity contribution in [3.8, 4) is 5.75 Å². The number of fused-ring (bicyclic) bond motifs is 1. The van der Waals surface area contributed by atoms with Gasteiger partial charge in [0.1, 0.15) is 11.4 Å². The first-order valence-corrected chi connectivity index (χ1v) is 12.6. The van der Waals surface area contributed by atoms with Crippen LogP contribution in [0, 0.1) is 11.8 Å². The predicted octanol–water partition coefficient (Wildman–Crippen LogP) is 4.70. The number of piperidine rings is 1. The Hall–Kier alpha value is -2.93. The average molecular weight is 466 g/mol. The Morgan fingerprint density at radius 2 is 1.88 bits per heavy atom. The van der Waals surface area contributed by atoms with Crippen LogP contribution in [0.25, 0.3) is 10.9 Å². The minimum atomic E-state index is -0.0757. The number of nitrogens with zero attached hydrogens (tertiary/aromatic N) is 1. The van der Waals surface area contributed by atoms with Gasteiger partial charge in [0.15, 0.2) is 0 Å². The predicted molar refractivity (Wildman–Crippen MR) is 133 cm³/mol. The molecule has 1 aromatic heterocycles. The average Bonchev–Trinajstić information content (AvgIpc) is 3.30. The minimum absolute atomic E-state index is 0.00871. The topological polar surface area (TPSA) is 74.4 Å². The highest BCUT2D eigenvalue weighted by Gasteiger charge is 2.30. The van der Waals surface area contributed by atoms with Crippen molar-refractivity contribution in [2.45, 2.75) is 31.2 Å². The van der Waals surface area contributed by atoms with E-state index >= 15 is 0 Å². The number of rotatable bonds is 7. The molecule has 1 aliphatic heterocycles. The zero-order valence-electron chi connectivity index (χ0n) is 19.4. The number of ether oxygens (including phenoxy) is 1. The van der Waals surface area contributed by atoms with Crippen molar-refractivity contribution >= 4 is 34.5 Å². The van der Waals surface area contributed by atoms with Crippen LogP contribution in [0.2, 0.25) is 0 Å². The molecule has 1 fully saturated rings. The number of nitrogens with one attached hydrogen (secondary N) is 2. The van der Waals surface area contributed by atoms with E-state index < -0.39 is 0 Å². The highest BCUT2D eigenvalue weighted by Crippen LogP contribution is 2.27. The van der Waals surface area contributed by atoms with Gasteiger partial charge in [0.25, 0.3) is 5.91 Å². The van der Waals surface area contributed by atoms with Gasteiger partial charge >= 0.3 is 0 Å². The lowest BCUT2D eigenvalue weighted by Crippen LogP contribution is -2.42. The Morgan fingerprint density at radius 3 is 2.55 bits per heavy atom. The van der Waals surface area contributed by atoms with Crippen molar-refractivity contribution < 1.29 is 14.3 Å². The van der Waals surface area contributed by atoms with Crippen LogP contribution in [0.1, 0.15) is 35.8 Å². The molecule has 6 nitrogen and oxygen atoms in total. The molecule has 0 bridgehead atoms. The first-order valence-electron chi connectivity index (χ1n) is 11.3. The third-order valence-electron chi connectivity index (χ3n) is 6.63. The third kappa shape index (κ3) is 5.36. The van der Waals surface area contributed by atoms with Crippen molar-refractivity contribution in [1.29, 1.82) is 0 Å². The lowest BCUT2D eigenvalue weighted by molar-refractivity contribution is -0.126. The molecule has 0 aliphatic carbocycles. The van der Waals surface area contributed by atoms with Gasteiger partial charge in [-0.1, -0.05) is 19.1 Å². The summed E-state index contributed by atoms with van der Waals surface area (Å²) < 4.78 is 5.26. The summed E-state index contributed by atoms with van der Waals surface area (Å²) in [4.78, 5) is 32.1. The van der Waals surface area contributed by atoms with E-state index in [9.17, 15) is 9.59 Å². The van der Waals surface area contributed by atoms with E-state index in [0.717, 1.165) is 35.1 Å². The Bertz CT molecular complexity index is 1120. The quantitative estimate of drug-likeness (QED) is 0.496. The largest absolute Gasteiger partial charge is 0.497 e. The normalized spacial score (nSPS) is 15.4. The lowest BCUT2D eigenvalue weighted by Gasteiger charge is -2.34. The molecule has 4 rings (SSSR count). The van der Waals surface area contributed by atoms with Gasteiger partial charge < -0.3 is 19.9 Å². The number of H-pyrrole nitrogens is 1. The molecule has 0 radical (unpaired) electrons. The molecule has 2 amide bonds. The smallest absolute Gasteiger partial charge is 0.270 e. The SMILES string of the molecule is COc1ccc2cc(C(=O)N3CCC([C@@H](C)C(=O)NCc4ccc(SC)cc4)CC3)[nH]c2c1. The molecule has 1 aliphatic rings. The summed E-state index contributed by atoms with van der Waals surface area (Å²) in [6.45, 7) is 3.87. The summed E-state index contributed by atoms with van der Waals surface area (Å²) in [5.74, 6) is 1.05. The van der Waals surface area contributed by atoms with Gasteiger partial charge in [-0.3, -0.25) is 9.59 Å². The van der Waals surface area contributed by atoms with E-state index in [1.807, 2.05) is 36.1 Å². The monoisotopic (exact) mass is 465 g/mol. The maximum absolute atomic E-state index is 13.0. The zero-order valence-corrected chi connectivity index (χ0v) is 20.2. The van der Waals surface area contributed by atoms with Gasteiger partial charge in [-0.2, -0.15) is 0 Å². The molecule has 1 saturated heterocycles. The molecule has 33 heavy (non-hydrogen) atoms. The van der Waals surface area contributed by atoms with Crippen molar-refractivity contribution in [2.75, 3.05) is 26.5 Å². The second-order valence-electron chi connectivity index (χ2n) is 8.62. The van der Waals surface area contributed by atoms with Gasteiger partial charge in [-0.05, 0) is 60.9 Å². The molecule has 1 atom stereocenters. The van der Waals surface area contributed by atoms with E-state index in [1.165, 1.54) is 4.90 Å². The van der Waals surface area contributed by atoms with Crippen LogP contribution in [-0.2, 0) is 11.3 Å². The number of carbonyl (C=O) groups is 2. The number of hydrogen-bond donors (Lipinski definition) is 2. The highest BCUT2D eigenvalue weighted by molar-refractivity contribution is 7.98. The number of likely N-dealkylation sites (tertiary alicyclic amines) is 1. The van der Waals surface area contributed by atoms with Crippen molar-refractivity contribution in [1.82, 2.24) is 15.2 Å². The van der Waals surface area contributed by atoms with Crippen LogP contribution >= 0.6 is 11.8 Å². The molecular weight excluding hydrogens is 434 g/mol. The van der Waals surface area contributed by atoms with Crippen LogP contribution < -0.4 is 10.1 Å². The van der Waals surface area contributed by atoms with Crippen LogP contribution in [-0.4, -0.2) is 48.2 Å². The number of aromatic nitrogens is 1. The number of methoxy groups -OCH3 is 1. The van der Waals surface area contributed by atoms with E-state index in [4.69, 9.17) is 4.74 Å². The first-order chi connectivity index (χ1) is 16.0. The van der Waals surface area contributed by atoms with Gasteiger partial charge in [-0.15, -0.1) is 11.8 Å². The maximum Gasteiger partial charge on any atom is 0.270 e. The number of carbonyl (C=O) groups excluding carboxylic acids is 2. The number of benzene rings is 2. The van der Waals surface area contributed by atoms with E-state index in [0.29, 0.717) is 25.3 Å². The van der Waals surface area contributed by atoms with E-state index in [-0.39, 0.29) is 23.7 Å². The molecule has 2 N–H and O–H groups in total. The fourth-order valence-corrected chi connectivity index (χ4v) is 4.84. The Balaban J connectivity index is 1.29. The summed E-state index contributed by atoms with van der Waals surface area (Å²) in [7, 11) is 1.63. The molecule has 0 spiro atoms. The molecule has 0 unspecified atom stereocenters. The summed E-state index contributed by atoms with van der Waals surface area (Å²) in [6, 6.07) is 15.9. The Morgan fingerprint density at radius 1 is 1.15 bits per heavy atom. The molecule has 2 heterocycles. The Labute approximate surface area is 199 Å². The second-order valence-corrected chi connectivity index (χ2v) is 9.50. The molecule has 0 saturated carbocycles. The van der Waals surface area contributed by atoms with Crippen molar-refractivity contribution in [3.05, 3.63) is 59.8 Å². The summed E-state index contributed by atoms with van der Waals surface area (Å²) in [6.07, 6.45) is 3.71. The van der Waals surface area contributed by atoms with Crippen LogP contribution in [0.5, 0.6) is 5.75 Å². The van der Waals surface area contributed by atoms with E-state index in [1.54, 1.807) is 18.9 Å². The van der Waals surface area contributed by atoms with Gasteiger partial charge in [-0.25, -0.2) is 0 Å². The van der Waals surface area contributed by atoms with Crippen LogP contribution in [0.15, 0.2) is 53.4 Å². The van der Waals surface area contributed by atoms with Gasteiger partial charge in [0.05, 0.1) is 7.11 Å². The minimum Gasteiger partial charge on any atom is -0.497 e. The van der Waals surface area contributed by atoms with Crippen LogP contribution in [0.4, 0.5) is 0 Å². The highest BCUT2D eigenvalue weighted by atomic mass is 32.2. The molecule has 174 valence electrons. The fraction of sp³-hybridized carbons (Fsp3) is 0.385. The lowest BCUT2D eigenvalue weighted by atomic mass is 9.84. The second kappa shape index (κ2) is 10.3. The molecule has 3 aromatic rings. The van der Waals surface area contributed by atoms with Gasteiger partial charge in [0.2, 0.25) is 5.91 Å². The number of aromatic amines is 1. The number of amides is 2. The van der Waals surface area contributed by atoms with Gasteiger partial charge in [0, 0.05) is 47.4 Å². The third-order valence-corrected chi connectivity index (χ3v) is 7.38. The molecule has 2 aromatic carbocycles. The summed E-state index contributed by atoms with van der Waals surface area (Å²) in [5, 5.41) is 4.06. The van der Waals surface area contributed by atoms with Crippen molar-refractivity contribution in [3.63, 3.8) is 0 Å². The van der Waals surface area contributed by atoms with Crippen molar-refractivity contribution in [2.24, 2.45) is 11.8 Å². The molecular formula is C26H31N3O3S. The summed E-state index contributed by atoms with van der Waals surface area (Å²) >= 11 is 1.71. The standard InChI is InChI=1S/C26H31N3O3S/c1-17(25(30)27-16-18-4-8-22(33-3)9-5-18)19-10-12-29(13-11-19)26(31)24-14-20-6-7-21(32-2)15-23(20)28-24/h4-9,14-15,17,19,28H,10-13,16H2,1-3H3,(H,27,30)/t17-/m1/s1. The maximum atomic E-state index is 13.0. The zero-order chi connectivity index (χ0) is 23.4. The number of hydrogen-bond acceptors (Lipinski definition) is 4. The van der Waals surface area contributed by atoms with Crippen LogP contribution in [0.3, 0.4) is 0 Å². The molecule has 7 heteroatoms. The Kier molecular flexibility index (Phi) is 7.28. The summed E-state index contributed by atoms with van der Waals surface area (Å²) in [5.41, 5.74) is 2.58. The van der Waals surface area contributed by atoms with E-state index in [2.05, 4.69) is 40.8 Å². The number of thioether (sulfide) groups is 1. The fourth-order valence-electron chi connectivity index (χ4n) is 4.43. The first kappa shape index (κ1) is 23.2.